The van der Waals surface area contributed by atoms with Crippen molar-refractivity contribution in [2.75, 3.05) is 13.1 Å². The molecule has 0 unspecified atom stereocenters. The van der Waals surface area contributed by atoms with Crippen molar-refractivity contribution in [2.45, 2.75) is 142 Å². The molecule has 6 N–H and O–H groups in total. The molecule has 0 spiro atoms. The van der Waals surface area contributed by atoms with E-state index in [1.807, 2.05) is 13.8 Å². The monoisotopic (exact) mass is 495 g/mol. The number of nitrogens with two attached hydrogens (primary N) is 1. The third kappa shape index (κ3) is 21.2. The molecule has 2 amide bonds. The van der Waals surface area contributed by atoms with Crippen LogP contribution in [0.15, 0.2) is 0 Å². The second kappa shape index (κ2) is 23.9. The molecule has 0 aromatic carbocycles. The fourth-order valence-corrected chi connectivity index (χ4v) is 4.22. The van der Waals surface area contributed by atoms with Gasteiger partial charge in [-0.3, -0.25) is 15.0 Å². The maximum absolute atomic E-state index is 12.7. The van der Waals surface area contributed by atoms with E-state index < -0.39 is 6.04 Å². The van der Waals surface area contributed by atoms with E-state index in [1.165, 1.54) is 77.0 Å². The highest BCUT2D eigenvalue weighted by Crippen LogP contribution is 2.13. The van der Waals surface area contributed by atoms with Gasteiger partial charge in [-0.1, -0.05) is 111 Å². The van der Waals surface area contributed by atoms with Crippen LogP contribution in [0.1, 0.15) is 136 Å². The summed E-state index contributed by atoms with van der Waals surface area (Å²) in [5.41, 5.74) is 5.25. The largest absolute Gasteiger partial charge is 0.370 e. The second-order valence-corrected chi connectivity index (χ2v) is 10.1. The van der Waals surface area contributed by atoms with Crippen LogP contribution in [0.25, 0.3) is 0 Å². The molecule has 7 nitrogen and oxygen atoms in total. The molecule has 2 atom stereocenters. The van der Waals surface area contributed by atoms with Gasteiger partial charge < -0.3 is 21.7 Å². The van der Waals surface area contributed by atoms with Crippen LogP contribution < -0.4 is 21.7 Å². The van der Waals surface area contributed by atoms with Gasteiger partial charge in [0.1, 0.15) is 6.04 Å². The van der Waals surface area contributed by atoms with Crippen molar-refractivity contribution >= 4 is 17.8 Å². The Morgan fingerprint density at radius 3 is 1.66 bits per heavy atom. The highest BCUT2D eigenvalue weighted by molar-refractivity contribution is 5.87. The number of unbranched alkanes of at least 4 members (excludes halogenated alkanes) is 14. The third-order valence-corrected chi connectivity index (χ3v) is 6.79. The average molecular weight is 496 g/mol. The summed E-state index contributed by atoms with van der Waals surface area (Å²) in [5, 5.41) is 15.8. The maximum Gasteiger partial charge on any atom is 0.242 e. The van der Waals surface area contributed by atoms with Crippen molar-refractivity contribution in [3.63, 3.8) is 0 Å². The van der Waals surface area contributed by atoms with Crippen LogP contribution in [0.2, 0.25) is 0 Å². The molecule has 0 aliphatic carbocycles. The molecule has 0 bridgehead atoms. The lowest BCUT2D eigenvalue weighted by Gasteiger charge is -2.23. The van der Waals surface area contributed by atoms with Gasteiger partial charge in [0.2, 0.25) is 11.8 Å². The zero-order valence-corrected chi connectivity index (χ0v) is 23.2. The number of nitrogens with one attached hydrogen (secondary N) is 4. The normalized spacial score (nSPS) is 12.7. The first-order chi connectivity index (χ1) is 16.9. The number of carbonyl (C=O) groups excluding carboxylic acids is 2. The van der Waals surface area contributed by atoms with E-state index in [0.29, 0.717) is 25.9 Å². The van der Waals surface area contributed by atoms with Crippen molar-refractivity contribution in [3.8, 4) is 0 Å². The Bertz CT molecular complexity index is 541. The molecule has 0 saturated heterocycles. The van der Waals surface area contributed by atoms with Gasteiger partial charge in [-0.25, -0.2) is 0 Å². The molecule has 0 saturated carbocycles. The van der Waals surface area contributed by atoms with Crippen LogP contribution >= 0.6 is 0 Å². The minimum atomic E-state index is -0.477. The number of amides is 2. The topological polar surface area (TPSA) is 120 Å². The third-order valence-electron chi connectivity index (χ3n) is 6.79. The maximum atomic E-state index is 12.7. The lowest BCUT2D eigenvalue weighted by atomic mass is 9.98. The SMILES string of the molecule is CCCCCCCCCCCCCCCCNC(=O)[C@@H](NC(=O)CCCCNC(=N)N)[C@@H](C)CC. The number of hydrogen-bond donors (Lipinski definition) is 5. The zero-order chi connectivity index (χ0) is 26.2. The van der Waals surface area contributed by atoms with E-state index in [9.17, 15) is 9.59 Å². The summed E-state index contributed by atoms with van der Waals surface area (Å²) < 4.78 is 0. The molecule has 0 fully saturated rings. The lowest BCUT2D eigenvalue weighted by Crippen LogP contribution is -2.50. The van der Waals surface area contributed by atoms with Crippen LogP contribution in [-0.4, -0.2) is 36.9 Å². The van der Waals surface area contributed by atoms with E-state index in [2.05, 4.69) is 22.9 Å². The van der Waals surface area contributed by atoms with E-state index in [4.69, 9.17) is 11.1 Å². The van der Waals surface area contributed by atoms with Crippen molar-refractivity contribution in [3.05, 3.63) is 0 Å². The summed E-state index contributed by atoms with van der Waals surface area (Å²) in [6.07, 6.45) is 21.1. The van der Waals surface area contributed by atoms with Crippen molar-refractivity contribution < 1.29 is 9.59 Å². The standard InChI is InChI=1S/C28H57N5O2/c1-4-6-7-8-9-10-11-12-13-14-15-16-17-19-22-31-27(35)26(24(3)5-2)33-25(34)21-18-20-23-32-28(29)30/h24,26H,4-23H2,1-3H3,(H,31,35)(H,33,34)(H4,29,30,32)/t24-,26-/m0/s1. The quantitative estimate of drug-likeness (QED) is 0.0663. The van der Waals surface area contributed by atoms with Gasteiger partial charge in [0.05, 0.1) is 0 Å². The summed E-state index contributed by atoms with van der Waals surface area (Å²) >= 11 is 0. The fourth-order valence-electron chi connectivity index (χ4n) is 4.22. The van der Waals surface area contributed by atoms with E-state index in [-0.39, 0.29) is 23.7 Å². The Labute approximate surface area is 216 Å². The predicted octanol–water partition coefficient (Wildman–Crippen LogP) is 5.77. The van der Waals surface area contributed by atoms with Crippen LogP contribution in [0, 0.1) is 11.3 Å². The summed E-state index contributed by atoms with van der Waals surface area (Å²) in [4.78, 5) is 25.0. The number of guanidine groups is 1. The smallest absolute Gasteiger partial charge is 0.242 e. The Kier molecular flexibility index (Phi) is 22.7. The summed E-state index contributed by atoms with van der Waals surface area (Å²) in [7, 11) is 0. The van der Waals surface area contributed by atoms with Gasteiger partial charge in [0.25, 0.3) is 0 Å². The summed E-state index contributed by atoms with van der Waals surface area (Å²) in [5.74, 6) is -0.123. The minimum absolute atomic E-state index is 0.0539. The molecule has 206 valence electrons. The highest BCUT2D eigenvalue weighted by atomic mass is 16.2. The zero-order valence-electron chi connectivity index (χ0n) is 23.2. The van der Waals surface area contributed by atoms with E-state index in [1.54, 1.807) is 0 Å². The van der Waals surface area contributed by atoms with Crippen LogP contribution in [0.4, 0.5) is 0 Å². The second-order valence-electron chi connectivity index (χ2n) is 10.1. The van der Waals surface area contributed by atoms with E-state index in [0.717, 1.165) is 25.7 Å². The van der Waals surface area contributed by atoms with E-state index >= 15 is 0 Å². The first-order valence-corrected chi connectivity index (χ1v) is 14.6. The van der Waals surface area contributed by atoms with Crippen molar-refractivity contribution in [1.82, 2.24) is 16.0 Å². The Morgan fingerprint density at radius 2 is 1.17 bits per heavy atom. The predicted molar refractivity (Wildman–Crippen MR) is 148 cm³/mol. The van der Waals surface area contributed by atoms with Crippen molar-refractivity contribution in [2.24, 2.45) is 11.7 Å². The molecule has 0 rings (SSSR count). The molecule has 0 aromatic rings. The molecule has 35 heavy (non-hydrogen) atoms. The van der Waals surface area contributed by atoms with Crippen LogP contribution in [0.5, 0.6) is 0 Å². The summed E-state index contributed by atoms with van der Waals surface area (Å²) in [6, 6.07) is -0.477. The molecule has 0 aliphatic rings. The molecule has 7 heteroatoms. The summed E-state index contributed by atoms with van der Waals surface area (Å²) in [6.45, 7) is 7.57. The van der Waals surface area contributed by atoms with Crippen LogP contribution in [0.3, 0.4) is 0 Å². The molecule has 0 heterocycles. The Hall–Kier alpha value is -1.79. The molecule has 0 aliphatic heterocycles. The molecule has 0 aromatic heterocycles. The van der Waals surface area contributed by atoms with Gasteiger partial charge in [0, 0.05) is 19.5 Å². The lowest BCUT2D eigenvalue weighted by molar-refractivity contribution is -0.130. The van der Waals surface area contributed by atoms with Gasteiger partial charge in [-0.15, -0.1) is 0 Å². The Balaban J connectivity index is 3.83. The van der Waals surface area contributed by atoms with Gasteiger partial charge in [-0.05, 0) is 25.2 Å². The number of carbonyl (C=O) groups is 2. The van der Waals surface area contributed by atoms with Gasteiger partial charge >= 0.3 is 0 Å². The number of rotatable bonds is 24. The molecular weight excluding hydrogens is 438 g/mol. The first kappa shape index (κ1) is 33.2. The fraction of sp³-hybridized carbons (Fsp3) is 0.893. The molecule has 0 radical (unpaired) electrons. The van der Waals surface area contributed by atoms with Crippen molar-refractivity contribution in [1.29, 1.82) is 5.41 Å². The number of hydrogen-bond acceptors (Lipinski definition) is 3. The van der Waals surface area contributed by atoms with Gasteiger partial charge in [0.15, 0.2) is 5.96 Å². The highest BCUT2D eigenvalue weighted by Gasteiger charge is 2.25. The van der Waals surface area contributed by atoms with Gasteiger partial charge in [-0.2, -0.15) is 0 Å². The van der Waals surface area contributed by atoms with Crippen LogP contribution in [-0.2, 0) is 9.59 Å². The minimum Gasteiger partial charge on any atom is -0.370 e. The first-order valence-electron chi connectivity index (χ1n) is 14.6. The Morgan fingerprint density at radius 1 is 0.714 bits per heavy atom. The molecular formula is C28H57N5O2. The average Bonchev–Trinajstić information content (AvgIpc) is 2.83.